The van der Waals surface area contributed by atoms with Crippen LogP contribution in [0.1, 0.15) is 46.1 Å². The summed E-state index contributed by atoms with van der Waals surface area (Å²) in [6, 6.07) is 17.5. The number of hydrogen-bond acceptors (Lipinski definition) is 6. The lowest BCUT2D eigenvalue weighted by Gasteiger charge is -2.36. The molecule has 0 saturated carbocycles. The van der Waals surface area contributed by atoms with Gasteiger partial charge < -0.3 is 25.9 Å². The number of H-pyrrole nitrogens is 1. The highest BCUT2D eigenvalue weighted by Gasteiger charge is 2.53. The number of amides is 5. The average Bonchev–Trinajstić information content (AvgIpc) is 3.51. The third-order valence-electron chi connectivity index (χ3n) is 8.13. The molecule has 224 valence electrons. The lowest BCUT2D eigenvalue weighted by Crippen LogP contribution is -2.44. The van der Waals surface area contributed by atoms with Gasteiger partial charge in [-0.25, -0.2) is 14.5 Å². The van der Waals surface area contributed by atoms with E-state index in [-0.39, 0.29) is 30.5 Å². The molecule has 5 amide bonds. The molecule has 0 unspecified atom stereocenters. The molecule has 3 heterocycles. The van der Waals surface area contributed by atoms with Crippen molar-refractivity contribution < 1.29 is 33.8 Å². The van der Waals surface area contributed by atoms with Crippen LogP contribution in [0.3, 0.4) is 0 Å². The molecular formula is C32H29N5O7. The van der Waals surface area contributed by atoms with Crippen LogP contribution in [-0.4, -0.2) is 63.9 Å². The molecule has 3 atom stereocenters. The molecule has 12 nitrogen and oxygen atoms in total. The number of aromatic nitrogens is 1. The molecule has 2 aliphatic rings. The minimum Gasteiger partial charge on any atom is -0.497 e. The van der Waals surface area contributed by atoms with Crippen molar-refractivity contribution in [3.63, 3.8) is 0 Å². The van der Waals surface area contributed by atoms with E-state index < -0.39 is 47.8 Å². The topological polar surface area (TPSA) is 175 Å². The maximum absolute atomic E-state index is 14.3. The number of carboxylic acid groups (broad SMARTS) is 1. The Labute approximate surface area is 251 Å². The summed E-state index contributed by atoms with van der Waals surface area (Å²) in [5.41, 5.74) is 8.43. The summed E-state index contributed by atoms with van der Waals surface area (Å²) >= 11 is 0. The molecule has 0 spiro atoms. The van der Waals surface area contributed by atoms with Crippen LogP contribution in [0.4, 0.5) is 10.5 Å². The van der Waals surface area contributed by atoms with Gasteiger partial charge in [0, 0.05) is 29.4 Å². The smallest absolute Gasteiger partial charge is 0.332 e. The average molecular weight is 596 g/mol. The Kier molecular flexibility index (Phi) is 7.25. The zero-order valence-electron chi connectivity index (χ0n) is 23.7. The van der Waals surface area contributed by atoms with E-state index >= 15 is 0 Å². The maximum atomic E-state index is 14.3. The van der Waals surface area contributed by atoms with Crippen LogP contribution < -0.4 is 20.7 Å². The fraction of sp³-hybridized carbons (Fsp3) is 0.219. The Balaban J connectivity index is 1.41. The zero-order chi connectivity index (χ0) is 31.1. The van der Waals surface area contributed by atoms with Gasteiger partial charge in [0.2, 0.25) is 5.91 Å². The molecule has 3 aromatic carbocycles. The molecule has 44 heavy (non-hydrogen) atoms. The third kappa shape index (κ3) is 4.79. The number of primary amides is 1. The maximum Gasteiger partial charge on any atom is 0.332 e. The van der Waals surface area contributed by atoms with E-state index in [1.165, 1.54) is 17.0 Å². The van der Waals surface area contributed by atoms with E-state index in [1.54, 1.807) is 25.3 Å². The highest BCUT2D eigenvalue weighted by Crippen LogP contribution is 2.45. The molecule has 0 bridgehead atoms. The number of nitrogens with one attached hydrogen (secondary N) is 2. The first kappa shape index (κ1) is 28.5. The minimum absolute atomic E-state index is 0.0198. The first-order valence-corrected chi connectivity index (χ1v) is 14.0. The van der Waals surface area contributed by atoms with Crippen LogP contribution >= 0.6 is 0 Å². The zero-order valence-corrected chi connectivity index (χ0v) is 23.7. The number of urea groups is 1. The number of aromatic amines is 1. The number of imide groups is 1. The van der Waals surface area contributed by atoms with Crippen molar-refractivity contribution in [2.45, 2.75) is 37.4 Å². The van der Waals surface area contributed by atoms with E-state index in [4.69, 9.17) is 10.5 Å². The highest BCUT2D eigenvalue weighted by atomic mass is 16.5. The van der Waals surface area contributed by atoms with Crippen molar-refractivity contribution in [1.82, 2.24) is 15.2 Å². The summed E-state index contributed by atoms with van der Waals surface area (Å²) in [4.78, 5) is 70.8. The van der Waals surface area contributed by atoms with Crippen LogP contribution in [0.25, 0.3) is 10.9 Å². The molecule has 4 aromatic rings. The number of hydrogen-bond donors (Lipinski definition) is 4. The number of fused-ring (bicyclic) bond motifs is 4. The molecule has 2 aliphatic heterocycles. The minimum atomic E-state index is -1.41. The van der Waals surface area contributed by atoms with Gasteiger partial charge in [0.05, 0.1) is 18.4 Å². The highest BCUT2D eigenvalue weighted by molar-refractivity contribution is 6.24. The van der Waals surface area contributed by atoms with Gasteiger partial charge in [0.15, 0.2) is 0 Å². The molecule has 1 fully saturated rings. The summed E-state index contributed by atoms with van der Waals surface area (Å²) in [5.74, 6) is -2.80. The summed E-state index contributed by atoms with van der Waals surface area (Å²) in [7, 11) is 1.55. The molecule has 12 heteroatoms. The lowest BCUT2D eigenvalue weighted by molar-refractivity contribution is -0.139. The Morgan fingerprint density at radius 1 is 1.07 bits per heavy atom. The summed E-state index contributed by atoms with van der Waals surface area (Å²) < 4.78 is 5.46. The summed E-state index contributed by atoms with van der Waals surface area (Å²) in [5, 5.41) is 12.9. The number of nitrogens with zero attached hydrogens (tertiary/aromatic N) is 2. The monoisotopic (exact) mass is 595 g/mol. The first-order chi connectivity index (χ1) is 21.2. The number of benzene rings is 3. The first-order valence-electron chi connectivity index (χ1n) is 14.0. The molecular weight excluding hydrogens is 566 g/mol. The summed E-state index contributed by atoms with van der Waals surface area (Å²) in [6.45, 7) is 0. The second kappa shape index (κ2) is 11.2. The number of nitrogens with two attached hydrogens (primary N) is 1. The van der Waals surface area contributed by atoms with Gasteiger partial charge in [-0.2, -0.15) is 0 Å². The Hall–Kier alpha value is -5.65. The Bertz CT molecular complexity index is 1830. The van der Waals surface area contributed by atoms with Crippen LogP contribution in [0, 0.1) is 0 Å². The number of anilines is 1. The lowest BCUT2D eigenvalue weighted by atomic mass is 9.89. The van der Waals surface area contributed by atoms with Gasteiger partial charge in [-0.15, -0.1) is 0 Å². The number of para-hydroxylation sites is 2. The fourth-order valence-corrected chi connectivity index (χ4v) is 6.09. The molecule has 6 rings (SSSR count). The Morgan fingerprint density at radius 2 is 1.82 bits per heavy atom. The summed E-state index contributed by atoms with van der Waals surface area (Å²) in [6.07, 6.45) is -0.216. The Morgan fingerprint density at radius 3 is 2.57 bits per heavy atom. The number of carbonyl (C=O) groups excluding carboxylic acids is 4. The van der Waals surface area contributed by atoms with Crippen molar-refractivity contribution >= 4 is 46.3 Å². The largest absolute Gasteiger partial charge is 0.497 e. The normalized spacial score (nSPS) is 18.1. The van der Waals surface area contributed by atoms with E-state index in [1.807, 2.05) is 42.5 Å². The van der Waals surface area contributed by atoms with Crippen LogP contribution in [-0.2, 0) is 20.8 Å². The van der Waals surface area contributed by atoms with Gasteiger partial charge in [-0.3, -0.25) is 19.3 Å². The van der Waals surface area contributed by atoms with Crippen LogP contribution in [0.15, 0.2) is 72.8 Å². The van der Waals surface area contributed by atoms with E-state index in [0.29, 0.717) is 5.75 Å². The predicted molar refractivity (Wildman–Crippen MR) is 159 cm³/mol. The predicted octanol–water partition coefficient (Wildman–Crippen LogP) is 3.11. The number of methoxy groups -OCH3 is 1. The standard InChI is InChI=1S/C32H29N5O7/c1-44-18-8-6-7-17(15-18)28-27-21(19-9-2-4-11-22(19)34-27)16-25-30(40)37(32(43)36(25)28)24-12-5-3-10-20(24)29(39)35-23(31(41)42)13-14-26(33)38/h2-12,15,23,25,28,34H,13-14,16H2,1H3,(H2,33,38)(H,35,39)(H,41,42)/t23-,25-,28+/m0/s1. The molecule has 0 aliphatic carbocycles. The number of aliphatic carboxylic acids is 1. The number of ether oxygens (including phenoxy) is 1. The van der Waals surface area contributed by atoms with E-state index in [0.717, 1.165) is 32.6 Å². The SMILES string of the molecule is COc1cccc([C@@H]2c3[nH]c4ccccc4c3C[C@H]3C(=O)N(c4ccccc4C(=O)N[C@@H](CCC(N)=O)C(=O)O)C(=O)N23)c1. The second-order valence-corrected chi connectivity index (χ2v) is 10.7. The van der Waals surface area contributed by atoms with Gasteiger partial charge in [0.25, 0.3) is 11.8 Å². The van der Waals surface area contributed by atoms with Gasteiger partial charge in [0.1, 0.15) is 23.9 Å². The molecule has 0 radical (unpaired) electrons. The third-order valence-corrected chi connectivity index (χ3v) is 8.13. The second-order valence-electron chi connectivity index (χ2n) is 10.7. The van der Waals surface area contributed by atoms with Gasteiger partial charge in [-0.05, 0) is 47.9 Å². The molecule has 1 saturated heterocycles. The molecule has 5 N–H and O–H groups in total. The fourth-order valence-electron chi connectivity index (χ4n) is 6.09. The van der Waals surface area contributed by atoms with Crippen molar-refractivity contribution in [1.29, 1.82) is 0 Å². The number of carboxylic acids is 1. The molecule has 1 aromatic heterocycles. The van der Waals surface area contributed by atoms with E-state index in [2.05, 4.69) is 10.3 Å². The quantitative estimate of drug-likeness (QED) is 0.215. The van der Waals surface area contributed by atoms with Crippen LogP contribution in [0.2, 0.25) is 0 Å². The van der Waals surface area contributed by atoms with Crippen LogP contribution in [0.5, 0.6) is 5.75 Å². The van der Waals surface area contributed by atoms with Gasteiger partial charge in [-0.1, -0.05) is 42.5 Å². The van der Waals surface area contributed by atoms with Crippen molar-refractivity contribution in [3.05, 3.63) is 95.2 Å². The van der Waals surface area contributed by atoms with E-state index in [9.17, 15) is 29.1 Å². The number of carbonyl (C=O) groups is 5. The van der Waals surface area contributed by atoms with Crippen molar-refractivity contribution in [2.24, 2.45) is 5.73 Å². The van der Waals surface area contributed by atoms with Crippen molar-refractivity contribution in [2.75, 3.05) is 12.0 Å². The van der Waals surface area contributed by atoms with Crippen molar-refractivity contribution in [3.8, 4) is 5.75 Å². The van der Waals surface area contributed by atoms with Gasteiger partial charge >= 0.3 is 12.0 Å². The number of rotatable bonds is 9.